The quantitative estimate of drug-likeness (QED) is 0.820. The van der Waals surface area contributed by atoms with Gasteiger partial charge in [-0.15, -0.1) is 0 Å². The van der Waals surface area contributed by atoms with E-state index >= 15 is 0 Å². The van der Waals surface area contributed by atoms with Gasteiger partial charge in [0, 0.05) is 11.7 Å². The summed E-state index contributed by atoms with van der Waals surface area (Å²) in [5.41, 5.74) is 6.18. The molecule has 0 aliphatic heterocycles. The summed E-state index contributed by atoms with van der Waals surface area (Å²) in [5, 5.41) is 6.60. The molecule has 0 bridgehead atoms. The molecule has 1 atom stereocenters. The number of aryl methyl sites for hydroxylation is 3. The first-order chi connectivity index (χ1) is 12.2. The summed E-state index contributed by atoms with van der Waals surface area (Å²) in [5.74, 6) is 0.0404. The number of rotatable bonds is 6. The molecule has 0 saturated heterocycles. The number of nitrogens with one attached hydrogen (secondary N) is 2. The molecule has 0 fully saturated rings. The van der Waals surface area contributed by atoms with Crippen molar-refractivity contribution < 1.29 is 4.79 Å². The number of carbonyl (C=O) groups excluding carboxylic acids is 1. The van der Waals surface area contributed by atoms with Crippen LogP contribution in [0.1, 0.15) is 55.0 Å². The van der Waals surface area contributed by atoms with Gasteiger partial charge in [0.2, 0.25) is 5.91 Å². The molecule has 2 N–H and O–H groups in total. The molecule has 2 aromatic rings. The summed E-state index contributed by atoms with van der Waals surface area (Å²) in [6, 6.07) is 15.1. The molecule has 3 nitrogen and oxygen atoms in total. The molecule has 3 rings (SSSR count). The van der Waals surface area contributed by atoms with Gasteiger partial charge in [0.15, 0.2) is 0 Å². The van der Waals surface area contributed by atoms with Gasteiger partial charge in [-0.2, -0.15) is 0 Å². The largest absolute Gasteiger partial charge is 0.324 e. The van der Waals surface area contributed by atoms with E-state index in [1.165, 1.54) is 28.7 Å². The van der Waals surface area contributed by atoms with E-state index in [-0.39, 0.29) is 11.9 Å². The fourth-order valence-corrected chi connectivity index (χ4v) is 3.77. The fraction of sp³-hybridized carbons (Fsp3) is 0.409. The van der Waals surface area contributed by atoms with Crippen molar-refractivity contribution in [2.75, 3.05) is 11.9 Å². The third-order valence-corrected chi connectivity index (χ3v) is 5.14. The van der Waals surface area contributed by atoms with Crippen molar-refractivity contribution in [2.24, 2.45) is 0 Å². The summed E-state index contributed by atoms with van der Waals surface area (Å²) in [7, 11) is 0. The van der Waals surface area contributed by atoms with E-state index in [4.69, 9.17) is 0 Å². The Morgan fingerprint density at radius 2 is 1.76 bits per heavy atom. The summed E-state index contributed by atoms with van der Waals surface area (Å²) >= 11 is 0. The fourth-order valence-electron chi connectivity index (χ4n) is 3.77. The van der Waals surface area contributed by atoms with Crippen molar-refractivity contribution in [1.29, 1.82) is 0 Å². The molecule has 0 radical (unpaired) electrons. The van der Waals surface area contributed by atoms with Crippen molar-refractivity contribution in [3.63, 3.8) is 0 Å². The van der Waals surface area contributed by atoms with Crippen molar-refractivity contribution in [3.8, 4) is 0 Å². The molecule has 2 aromatic carbocycles. The lowest BCUT2D eigenvalue weighted by atomic mass is 9.88. The third-order valence-electron chi connectivity index (χ3n) is 5.14. The van der Waals surface area contributed by atoms with Crippen molar-refractivity contribution in [1.82, 2.24) is 5.32 Å². The SMILES string of the molecule is CCc1cccc(CC)c1NC(=O)CN[C@@H]1CCCc2ccccc21. The zero-order valence-electron chi connectivity index (χ0n) is 15.3. The van der Waals surface area contributed by atoms with Gasteiger partial charge in [0.1, 0.15) is 0 Å². The van der Waals surface area contributed by atoms with Crippen LogP contribution in [0.2, 0.25) is 0 Å². The highest BCUT2D eigenvalue weighted by atomic mass is 16.1. The average molecular weight is 336 g/mol. The minimum atomic E-state index is 0.0404. The smallest absolute Gasteiger partial charge is 0.238 e. The Morgan fingerprint density at radius 3 is 2.48 bits per heavy atom. The lowest BCUT2D eigenvalue weighted by Gasteiger charge is -2.26. The highest BCUT2D eigenvalue weighted by Gasteiger charge is 2.20. The van der Waals surface area contributed by atoms with Crippen LogP contribution in [0.3, 0.4) is 0 Å². The van der Waals surface area contributed by atoms with Crippen LogP contribution in [0.4, 0.5) is 5.69 Å². The summed E-state index contributed by atoms with van der Waals surface area (Å²) < 4.78 is 0. The summed E-state index contributed by atoms with van der Waals surface area (Å²) in [6.07, 6.45) is 5.26. The first kappa shape index (κ1) is 17.7. The van der Waals surface area contributed by atoms with Gasteiger partial charge in [-0.05, 0) is 54.4 Å². The standard InChI is InChI=1S/C22H28N2O/c1-3-16-10-7-11-17(4-2)22(16)24-21(25)15-23-20-14-8-12-18-9-5-6-13-19(18)20/h5-7,9-11,13,20,23H,3-4,8,12,14-15H2,1-2H3,(H,24,25)/t20-/m1/s1. The number of hydrogen-bond acceptors (Lipinski definition) is 2. The Morgan fingerprint density at radius 1 is 1.04 bits per heavy atom. The first-order valence-corrected chi connectivity index (χ1v) is 9.44. The maximum Gasteiger partial charge on any atom is 0.238 e. The van der Waals surface area contributed by atoms with Crippen LogP contribution >= 0.6 is 0 Å². The Hall–Kier alpha value is -2.13. The number of para-hydroxylation sites is 1. The normalized spacial score (nSPS) is 16.3. The predicted octanol–water partition coefficient (Wildman–Crippen LogP) is 4.42. The van der Waals surface area contributed by atoms with E-state index in [9.17, 15) is 4.79 Å². The predicted molar refractivity (Wildman–Crippen MR) is 104 cm³/mol. The van der Waals surface area contributed by atoms with E-state index < -0.39 is 0 Å². The molecule has 25 heavy (non-hydrogen) atoms. The van der Waals surface area contributed by atoms with Gasteiger partial charge in [-0.3, -0.25) is 4.79 Å². The monoisotopic (exact) mass is 336 g/mol. The lowest BCUT2D eigenvalue weighted by molar-refractivity contribution is -0.115. The first-order valence-electron chi connectivity index (χ1n) is 9.44. The van der Waals surface area contributed by atoms with Crippen molar-refractivity contribution in [3.05, 3.63) is 64.7 Å². The molecule has 0 saturated carbocycles. The Labute approximate surface area is 150 Å². The molecule has 0 heterocycles. The topological polar surface area (TPSA) is 41.1 Å². The molecular formula is C22H28N2O. The van der Waals surface area contributed by atoms with Crippen LogP contribution < -0.4 is 10.6 Å². The Balaban J connectivity index is 1.65. The zero-order chi connectivity index (χ0) is 17.6. The van der Waals surface area contributed by atoms with Crippen LogP contribution in [0.15, 0.2) is 42.5 Å². The number of carbonyl (C=O) groups is 1. The zero-order valence-corrected chi connectivity index (χ0v) is 15.3. The van der Waals surface area contributed by atoms with Gasteiger partial charge >= 0.3 is 0 Å². The lowest BCUT2D eigenvalue weighted by Crippen LogP contribution is -2.33. The van der Waals surface area contributed by atoms with E-state index in [1.54, 1.807) is 0 Å². The van der Waals surface area contributed by atoms with Crippen LogP contribution in [-0.2, 0) is 24.1 Å². The van der Waals surface area contributed by atoms with E-state index in [0.717, 1.165) is 31.4 Å². The van der Waals surface area contributed by atoms with Crippen LogP contribution in [0, 0.1) is 0 Å². The molecule has 0 aromatic heterocycles. The van der Waals surface area contributed by atoms with Crippen LogP contribution in [-0.4, -0.2) is 12.5 Å². The second kappa shape index (κ2) is 8.30. The number of amides is 1. The number of anilines is 1. The molecule has 1 aliphatic rings. The van der Waals surface area contributed by atoms with Gasteiger partial charge in [-0.25, -0.2) is 0 Å². The highest BCUT2D eigenvalue weighted by Crippen LogP contribution is 2.29. The second-order valence-electron chi connectivity index (χ2n) is 6.73. The second-order valence-corrected chi connectivity index (χ2v) is 6.73. The molecule has 1 aliphatic carbocycles. The number of fused-ring (bicyclic) bond motifs is 1. The maximum absolute atomic E-state index is 12.5. The summed E-state index contributed by atoms with van der Waals surface area (Å²) in [6.45, 7) is 4.60. The average Bonchev–Trinajstić information content (AvgIpc) is 2.66. The summed E-state index contributed by atoms with van der Waals surface area (Å²) in [4.78, 5) is 12.5. The molecule has 0 spiro atoms. The minimum Gasteiger partial charge on any atom is -0.324 e. The molecule has 132 valence electrons. The third kappa shape index (κ3) is 4.10. The number of benzene rings is 2. The van der Waals surface area contributed by atoms with Gasteiger partial charge in [0.25, 0.3) is 0 Å². The van der Waals surface area contributed by atoms with Gasteiger partial charge < -0.3 is 10.6 Å². The van der Waals surface area contributed by atoms with E-state index in [2.05, 4.69) is 66.9 Å². The Kier molecular flexibility index (Phi) is 5.87. The minimum absolute atomic E-state index is 0.0404. The van der Waals surface area contributed by atoms with E-state index in [0.29, 0.717) is 6.54 Å². The molecule has 3 heteroatoms. The Bertz CT molecular complexity index is 716. The van der Waals surface area contributed by atoms with Crippen molar-refractivity contribution in [2.45, 2.75) is 52.0 Å². The maximum atomic E-state index is 12.5. The van der Waals surface area contributed by atoms with Crippen molar-refractivity contribution >= 4 is 11.6 Å². The number of hydrogen-bond donors (Lipinski definition) is 2. The highest BCUT2D eigenvalue weighted by molar-refractivity contribution is 5.93. The van der Waals surface area contributed by atoms with E-state index in [1.807, 2.05) is 0 Å². The van der Waals surface area contributed by atoms with Gasteiger partial charge in [0.05, 0.1) is 6.54 Å². The molecule has 0 unspecified atom stereocenters. The molecular weight excluding hydrogens is 308 g/mol. The van der Waals surface area contributed by atoms with Gasteiger partial charge in [-0.1, -0.05) is 56.3 Å². The van der Waals surface area contributed by atoms with Crippen LogP contribution in [0.25, 0.3) is 0 Å². The van der Waals surface area contributed by atoms with Crippen LogP contribution in [0.5, 0.6) is 0 Å². The molecule has 1 amide bonds.